The van der Waals surface area contributed by atoms with Gasteiger partial charge in [-0.15, -0.1) is 0 Å². The summed E-state index contributed by atoms with van der Waals surface area (Å²) in [5.74, 6) is -0.984. The number of nitrogens with one attached hydrogen (secondary N) is 2. The van der Waals surface area contributed by atoms with E-state index < -0.39 is 15.8 Å². The predicted molar refractivity (Wildman–Crippen MR) is 106 cm³/mol. The molecule has 0 spiro atoms. The van der Waals surface area contributed by atoms with E-state index in [4.69, 9.17) is 0 Å². The van der Waals surface area contributed by atoms with E-state index in [2.05, 4.69) is 26.0 Å². The van der Waals surface area contributed by atoms with Gasteiger partial charge in [0.2, 0.25) is 0 Å². The number of benzene rings is 3. The summed E-state index contributed by atoms with van der Waals surface area (Å²) in [6.45, 7) is 0. The molecule has 0 heterocycles. The first-order valence-electron chi connectivity index (χ1n) is 7.79. The molecule has 0 aliphatic heterocycles. The fourth-order valence-electron chi connectivity index (χ4n) is 2.27. The third-order valence-corrected chi connectivity index (χ3v) is 5.56. The predicted octanol–water partition coefficient (Wildman–Crippen LogP) is 4.64. The zero-order valence-corrected chi connectivity index (χ0v) is 16.2. The van der Waals surface area contributed by atoms with Crippen LogP contribution in [0.4, 0.5) is 15.8 Å². The normalized spacial score (nSPS) is 11.0. The highest BCUT2D eigenvalue weighted by Gasteiger charge is 2.16. The lowest BCUT2D eigenvalue weighted by atomic mass is 10.2. The fraction of sp³-hybridized carbons (Fsp3) is 0. The van der Waals surface area contributed by atoms with Gasteiger partial charge in [-0.05, 0) is 60.7 Å². The molecular formula is C19H14BrFN2O3S. The highest BCUT2D eigenvalue weighted by Crippen LogP contribution is 2.20. The quantitative estimate of drug-likeness (QED) is 0.596. The van der Waals surface area contributed by atoms with E-state index in [9.17, 15) is 17.6 Å². The lowest BCUT2D eigenvalue weighted by molar-refractivity contribution is 0.102. The van der Waals surface area contributed by atoms with E-state index in [0.29, 0.717) is 11.3 Å². The Hall–Kier alpha value is -2.71. The molecular weight excluding hydrogens is 435 g/mol. The van der Waals surface area contributed by atoms with Gasteiger partial charge in [-0.2, -0.15) is 0 Å². The summed E-state index contributed by atoms with van der Waals surface area (Å²) >= 11 is 3.30. The van der Waals surface area contributed by atoms with Crippen molar-refractivity contribution in [3.05, 3.63) is 88.6 Å². The molecule has 5 nitrogen and oxygen atoms in total. The van der Waals surface area contributed by atoms with E-state index in [0.717, 1.165) is 4.47 Å². The average molecular weight is 449 g/mol. The van der Waals surface area contributed by atoms with Crippen LogP contribution < -0.4 is 10.0 Å². The summed E-state index contributed by atoms with van der Waals surface area (Å²) in [6, 6.07) is 17.9. The highest BCUT2D eigenvalue weighted by molar-refractivity contribution is 9.10. The second-order valence-corrected chi connectivity index (χ2v) is 8.17. The van der Waals surface area contributed by atoms with Crippen molar-refractivity contribution in [1.29, 1.82) is 0 Å². The van der Waals surface area contributed by atoms with Crippen LogP contribution in [0.5, 0.6) is 0 Å². The van der Waals surface area contributed by atoms with Crippen molar-refractivity contribution in [3.8, 4) is 0 Å². The maximum atomic E-state index is 13.7. The summed E-state index contributed by atoms with van der Waals surface area (Å²) in [4.78, 5) is 12.1. The van der Waals surface area contributed by atoms with Gasteiger partial charge in [-0.25, -0.2) is 12.8 Å². The van der Waals surface area contributed by atoms with Crippen molar-refractivity contribution in [2.75, 3.05) is 10.0 Å². The minimum absolute atomic E-state index is 0.0487. The lowest BCUT2D eigenvalue weighted by Crippen LogP contribution is -2.14. The molecule has 0 radical (unpaired) electrons. The number of rotatable bonds is 5. The summed E-state index contributed by atoms with van der Waals surface area (Å²) in [7, 11) is -3.95. The Morgan fingerprint density at radius 1 is 0.889 bits per heavy atom. The first kappa shape index (κ1) is 19.1. The molecule has 0 aromatic heterocycles. The molecule has 3 aromatic rings. The number of amides is 1. The van der Waals surface area contributed by atoms with E-state index in [1.807, 2.05) is 0 Å². The maximum absolute atomic E-state index is 13.7. The van der Waals surface area contributed by atoms with Gasteiger partial charge in [-0.3, -0.25) is 9.52 Å². The van der Waals surface area contributed by atoms with Crippen LogP contribution in [0.25, 0.3) is 0 Å². The van der Waals surface area contributed by atoms with E-state index in [1.54, 1.807) is 24.3 Å². The second-order valence-electron chi connectivity index (χ2n) is 5.57. The van der Waals surface area contributed by atoms with Gasteiger partial charge < -0.3 is 5.32 Å². The Morgan fingerprint density at radius 2 is 1.52 bits per heavy atom. The highest BCUT2D eigenvalue weighted by atomic mass is 79.9. The molecule has 0 saturated carbocycles. The SMILES string of the molecule is O=C(Nc1ccc(S(=O)(=O)Nc2ccccc2F)cc1)c1ccc(Br)cc1. The summed E-state index contributed by atoms with van der Waals surface area (Å²) in [5.41, 5.74) is 0.772. The Bertz CT molecular complexity index is 1070. The van der Waals surface area contributed by atoms with Crippen molar-refractivity contribution in [3.63, 3.8) is 0 Å². The van der Waals surface area contributed by atoms with Crippen LogP contribution in [0.1, 0.15) is 10.4 Å². The lowest BCUT2D eigenvalue weighted by Gasteiger charge is -2.10. The molecule has 0 saturated heterocycles. The average Bonchev–Trinajstić information content (AvgIpc) is 2.64. The van der Waals surface area contributed by atoms with E-state index in [-0.39, 0.29) is 16.5 Å². The Balaban J connectivity index is 1.73. The Morgan fingerprint density at radius 3 is 2.15 bits per heavy atom. The largest absolute Gasteiger partial charge is 0.322 e. The number of para-hydroxylation sites is 1. The zero-order chi connectivity index (χ0) is 19.4. The van der Waals surface area contributed by atoms with Crippen LogP contribution in [-0.2, 0) is 10.0 Å². The second kappa shape index (κ2) is 7.89. The standard InChI is InChI=1S/C19H14BrFN2O3S/c20-14-7-5-13(6-8-14)19(24)22-15-9-11-16(12-10-15)27(25,26)23-18-4-2-1-3-17(18)21/h1-12,23H,(H,22,24). The maximum Gasteiger partial charge on any atom is 0.261 e. The number of anilines is 2. The van der Waals surface area contributed by atoms with Crippen LogP contribution in [0.2, 0.25) is 0 Å². The van der Waals surface area contributed by atoms with Crippen LogP contribution >= 0.6 is 15.9 Å². The summed E-state index contributed by atoms with van der Waals surface area (Å²) < 4.78 is 41.5. The molecule has 138 valence electrons. The Kier molecular flexibility index (Phi) is 5.57. The van der Waals surface area contributed by atoms with Gasteiger partial charge in [0.15, 0.2) is 0 Å². The van der Waals surface area contributed by atoms with Gasteiger partial charge in [0.05, 0.1) is 10.6 Å². The molecule has 0 aliphatic carbocycles. The number of carbonyl (C=O) groups is 1. The molecule has 0 aliphatic rings. The van der Waals surface area contributed by atoms with Crippen LogP contribution in [0, 0.1) is 5.82 Å². The summed E-state index contributed by atoms with van der Waals surface area (Å²) in [6.07, 6.45) is 0. The molecule has 0 bridgehead atoms. The third-order valence-electron chi connectivity index (χ3n) is 3.65. The van der Waals surface area contributed by atoms with Crippen molar-refractivity contribution < 1.29 is 17.6 Å². The minimum Gasteiger partial charge on any atom is -0.322 e. The van der Waals surface area contributed by atoms with Gasteiger partial charge in [0.25, 0.3) is 15.9 Å². The number of hydrogen-bond acceptors (Lipinski definition) is 3. The van der Waals surface area contributed by atoms with Gasteiger partial charge in [-0.1, -0.05) is 28.1 Å². The van der Waals surface area contributed by atoms with Gasteiger partial charge >= 0.3 is 0 Å². The van der Waals surface area contributed by atoms with Crippen LogP contribution in [0.3, 0.4) is 0 Å². The monoisotopic (exact) mass is 448 g/mol. The first-order chi connectivity index (χ1) is 12.8. The molecule has 2 N–H and O–H groups in total. The molecule has 8 heteroatoms. The van der Waals surface area contributed by atoms with Crippen LogP contribution in [-0.4, -0.2) is 14.3 Å². The molecule has 0 atom stereocenters. The molecule has 0 unspecified atom stereocenters. The number of carbonyl (C=O) groups excluding carboxylic acids is 1. The summed E-state index contributed by atoms with van der Waals surface area (Å²) in [5, 5.41) is 2.69. The van der Waals surface area contributed by atoms with Crippen molar-refractivity contribution in [1.82, 2.24) is 0 Å². The van der Waals surface area contributed by atoms with Crippen LogP contribution in [0.15, 0.2) is 82.2 Å². The number of halogens is 2. The zero-order valence-electron chi connectivity index (χ0n) is 13.8. The molecule has 3 aromatic carbocycles. The van der Waals surface area contributed by atoms with E-state index >= 15 is 0 Å². The number of hydrogen-bond donors (Lipinski definition) is 2. The van der Waals surface area contributed by atoms with Crippen molar-refractivity contribution in [2.24, 2.45) is 0 Å². The fourth-order valence-corrected chi connectivity index (χ4v) is 3.60. The molecule has 27 heavy (non-hydrogen) atoms. The van der Waals surface area contributed by atoms with Gasteiger partial charge in [0.1, 0.15) is 5.82 Å². The topological polar surface area (TPSA) is 75.3 Å². The van der Waals surface area contributed by atoms with E-state index in [1.165, 1.54) is 48.5 Å². The minimum atomic E-state index is -3.95. The number of sulfonamides is 1. The van der Waals surface area contributed by atoms with Gasteiger partial charge in [0, 0.05) is 15.7 Å². The van der Waals surface area contributed by atoms with Crippen molar-refractivity contribution in [2.45, 2.75) is 4.90 Å². The molecule has 3 rings (SSSR count). The molecule has 1 amide bonds. The van der Waals surface area contributed by atoms with Crippen molar-refractivity contribution >= 4 is 43.2 Å². The Labute approximate surface area is 164 Å². The smallest absolute Gasteiger partial charge is 0.261 e. The third kappa shape index (κ3) is 4.72. The first-order valence-corrected chi connectivity index (χ1v) is 10.1. The molecule has 0 fully saturated rings.